The highest BCUT2D eigenvalue weighted by atomic mass is 32.2. The van der Waals surface area contributed by atoms with E-state index >= 15 is 0 Å². The van der Waals surface area contributed by atoms with E-state index in [0.717, 1.165) is 15.7 Å². The Hall–Kier alpha value is -1.20. The summed E-state index contributed by atoms with van der Waals surface area (Å²) < 4.78 is 23.0. The minimum Gasteiger partial charge on any atom is -0.507 e. The molecule has 1 unspecified atom stereocenters. The molecule has 0 aliphatic carbocycles. The van der Waals surface area contributed by atoms with Gasteiger partial charge in [-0.15, -0.1) is 11.8 Å². The predicted octanol–water partition coefficient (Wildman–Crippen LogP) is 2.82. The molecule has 2 aromatic carbocycles. The molecular weight excluding hydrogens is 280 g/mol. The molecule has 1 aliphatic heterocycles. The van der Waals surface area contributed by atoms with E-state index in [4.69, 9.17) is 0 Å². The summed E-state index contributed by atoms with van der Waals surface area (Å²) in [6.07, 6.45) is 0.711. The number of phenols is 1. The number of hydrogen-bond donors (Lipinski definition) is 1. The Morgan fingerprint density at radius 3 is 2.53 bits per heavy atom. The molecule has 0 aromatic heterocycles. The van der Waals surface area contributed by atoms with E-state index < -0.39 is 9.84 Å². The van der Waals surface area contributed by atoms with Gasteiger partial charge in [-0.3, -0.25) is 0 Å². The van der Waals surface area contributed by atoms with Crippen LogP contribution in [0.15, 0.2) is 41.3 Å². The Kier molecular flexibility index (Phi) is 3.19. The smallest absolute Gasteiger partial charge is 0.151 e. The fourth-order valence-electron chi connectivity index (χ4n) is 2.39. The van der Waals surface area contributed by atoms with Gasteiger partial charge in [-0.05, 0) is 23.9 Å². The molecule has 5 heteroatoms. The van der Waals surface area contributed by atoms with E-state index in [1.54, 1.807) is 17.8 Å². The summed E-state index contributed by atoms with van der Waals surface area (Å²) in [6, 6.07) is 11.2. The average molecular weight is 294 g/mol. The molecule has 0 amide bonds. The molecule has 19 heavy (non-hydrogen) atoms. The summed E-state index contributed by atoms with van der Waals surface area (Å²) in [4.78, 5) is 1.04. The topological polar surface area (TPSA) is 54.4 Å². The highest BCUT2D eigenvalue weighted by molar-refractivity contribution is 8.02. The van der Waals surface area contributed by atoms with E-state index in [1.807, 2.05) is 30.3 Å². The Balaban J connectivity index is 1.96. The average Bonchev–Trinajstić information content (AvgIpc) is 2.73. The van der Waals surface area contributed by atoms with Gasteiger partial charge in [-0.2, -0.15) is 0 Å². The van der Waals surface area contributed by atoms with Crippen molar-refractivity contribution in [1.29, 1.82) is 0 Å². The van der Waals surface area contributed by atoms with Gasteiger partial charge in [-0.25, -0.2) is 8.42 Å². The third-order valence-electron chi connectivity index (χ3n) is 3.35. The van der Waals surface area contributed by atoms with Crippen LogP contribution in [0.5, 0.6) is 5.75 Å². The first-order valence-electron chi connectivity index (χ1n) is 6.13. The van der Waals surface area contributed by atoms with Gasteiger partial charge in [0.1, 0.15) is 5.75 Å². The van der Waals surface area contributed by atoms with Gasteiger partial charge in [0, 0.05) is 15.5 Å². The lowest BCUT2D eigenvalue weighted by Crippen LogP contribution is -2.06. The molecule has 0 saturated carbocycles. The number of benzene rings is 2. The molecular formula is C14H14O3S2. The third kappa shape index (κ3) is 2.58. The van der Waals surface area contributed by atoms with Crippen LogP contribution in [0, 0.1) is 0 Å². The molecule has 1 heterocycles. The number of hydrogen-bond acceptors (Lipinski definition) is 4. The Labute approximate surface area is 116 Å². The van der Waals surface area contributed by atoms with Crippen LogP contribution in [-0.4, -0.2) is 30.3 Å². The fraction of sp³-hybridized carbons (Fsp3) is 0.286. The first-order valence-corrected chi connectivity index (χ1v) is 8.83. The van der Waals surface area contributed by atoms with Crippen molar-refractivity contribution in [3.05, 3.63) is 36.4 Å². The number of sulfone groups is 1. The number of fused-ring (bicyclic) bond motifs is 1. The molecule has 2 aromatic rings. The third-order valence-corrected chi connectivity index (χ3v) is 6.67. The van der Waals surface area contributed by atoms with E-state index in [2.05, 4.69) is 0 Å². The maximum atomic E-state index is 11.5. The van der Waals surface area contributed by atoms with Gasteiger partial charge in [0.15, 0.2) is 9.84 Å². The molecule has 1 N–H and O–H groups in total. The van der Waals surface area contributed by atoms with Crippen molar-refractivity contribution in [1.82, 2.24) is 0 Å². The molecule has 0 spiro atoms. The molecule has 1 aliphatic rings. The minimum absolute atomic E-state index is 0.123. The van der Waals surface area contributed by atoms with Crippen LogP contribution < -0.4 is 0 Å². The molecule has 1 fully saturated rings. The minimum atomic E-state index is -2.85. The Bertz CT molecular complexity index is 723. The van der Waals surface area contributed by atoms with Gasteiger partial charge < -0.3 is 5.11 Å². The standard InChI is InChI=1S/C14H14O3S2/c15-13-5-6-14(12-4-2-1-3-11(12)13)18-10-7-8-19(16,17)9-10/h1-6,10,15H,7-9H2. The van der Waals surface area contributed by atoms with Crippen molar-refractivity contribution in [2.45, 2.75) is 16.6 Å². The largest absolute Gasteiger partial charge is 0.507 e. The highest BCUT2D eigenvalue weighted by Gasteiger charge is 2.28. The zero-order valence-electron chi connectivity index (χ0n) is 10.2. The number of phenolic OH excluding ortho intramolecular Hbond substituents is 1. The van der Waals surface area contributed by atoms with E-state index in [-0.39, 0.29) is 16.8 Å². The normalized spacial score (nSPS) is 21.8. The van der Waals surface area contributed by atoms with Crippen LogP contribution in [0.4, 0.5) is 0 Å². The molecule has 0 radical (unpaired) electrons. The summed E-state index contributed by atoms with van der Waals surface area (Å²) in [5.74, 6) is 0.812. The van der Waals surface area contributed by atoms with E-state index in [0.29, 0.717) is 12.2 Å². The molecule has 3 rings (SSSR count). The second kappa shape index (κ2) is 4.72. The number of aromatic hydroxyl groups is 1. The van der Waals surface area contributed by atoms with Crippen molar-refractivity contribution in [3.63, 3.8) is 0 Å². The van der Waals surface area contributed by atoms with Gasteiger partial charge >= 0.3 is 0 Å². The van der Waals surface area contributed by atoms with Crippen LogP contribution in [-0.2, 0) is 9.84 Å². The second-order valence-corrected chi connectivity index (χ2v) is 8.34. The summed E-state index contributed by atoms with van der Waals surface area (Å²) in [7, 11) is -2.85. The first-order chi connectivity index (χ1) is 9.05. The summed E-state index contributed by atoms with van der Waals surface area (Å²) >= 11 is 1.60. The molecule has 3 nitrogen and oxygen atoms in total. The van der Waals surface area contributed by atoms with Crippen molar-refractivity contribution in [3.8, 4) is 5.75 Å². The van der Waals surface area contributed by atoms with Crippen LogP contribution >= 0.6 is 11.8 Å². The fourth-order valence-corrected chi connectivity index (χ4v) is 6.02. The van der Waals surface area contributed by atoms with Crippen LogP contribution in [0.2, 0.25) is 0 Å². The highest BCUT2D eigenvalue weighted by Crippen LogP contribution is 2.37. The van der Waals surface area contributed by atoms with Crippen LogP contribution in [0.1, 0.15) is 6.42 Å². The van der Waals surface area contributed by atoms with Crippen molar-refractivity contribution in [2.75, 3.05) is 11.5 Å². The van der Waals surface area contributed by atoms with Crippen LogP contribution in [0.3, 0.4) is 0 Å². The Morgan fingerprint density at radius 2 is 1.84 bits per heavy atom. The first kappa shape index (κ1) is 12.8. The molecule has 0 bridgehead atoms. The molecule has 1 atom stereocenters. The molecule has 1 saturated heterocycles. The number of rotatable bonds is 2. The van der Waals surface area contributed by atoms with E-state index in [9.17, 15) is 13.5 Å². The second-order valence-electron chi connectivity index (χ2n) is 4.77. The maximum absolute atomic E-state index is 11.5. The van der Waals surface area contributed by atoms with Gasteiger partial charge in [0.2, 0.25) is 0 Å². The van der Waals surface area contributed by atoms with Crippen LogP contribution in [0.25, 0.3) is 10.8 Å². The predicted molar refractivity (Wildman–Crippen MR) is 78.5 cm³/mol. The van der Waals surface area contributed by atoms with Gasteiger partial charge in [0.25, 0.3) is 0 Å². The van der Waals surface area contributed by atoms with Crippen molar-refractivity contribution in [2.24, 2.45) is 0 Å². The number of thioether (sulfide) groups is 1. The zero-order chi connectivity index (χ0) is 13.5. The van der Waals surface area contributed by atoms with Crippen molar-refractivity contribution >= 4 is 32.4 Å². The lowest BCUT2D eigenvalue weighted by atomic mass is 10.1. The maximum Gasteiger partial charge on any atom is 0.151 e. The quantitative estimate of drug-likeness (QED) is 0.925. The summed E-state index contributed by atoms with van der Waals surface area (Å²) in [5, 5.41) is 11.8. The summed E-state index contributed by atoms with van der Waals surface area (Å²) in [5.41, 5.74) is 0. The van der Waals surface area contributed by atoms with E-state index in [1.165, 1.54) is 0 Å². The van der Waals surface area contributed by atoms with Gasteiger partial charge in [-0.1, -0.05) is 24.3 Å². The summed E-state index contributed by atoms with van der Waals surface area (Å²) in [6.45, 7) is 0. The zero-order valence-corrected chi connectivity index (χ0v) is 11.9. The lowest BCUT2D eigenvalue weighted by Gasteiger charge is -2.11. The SMILES string of the molecule is O=S1(=O)CCC(Sc2ccc(O)c3ccccc23)C1. The monoisotopic (exact) mass is 294 g/mol. The lowest BCUT2D eigenvalue weighted by molar-refractivity contribution is 0.481. The van der Waals surface area contributed by atoms with Crippen molar-refractivity contribution < 1.29 is 13.5 Å². The van der Waals surface area contributed by atoms with Gasteiger partial charge in [0.05, 0.1) is 11.5 Å². The Morgan fingerprint density at radius 1 is 1.11 bits per heavy atom. The molecule has 100 valence electrons.